The molecule has 1 fully saturated rings. The Balaban J connectivity index is 1.28. The van der Waals surface area contributed by atoms with E-state index >= 15 is 0 Å². The van der Waals surface area contributed by atoms with E-state index < -0.39 is 0 Å². The molecule has 7 nitrogen and oxygen atoms in total. The molecular formula is C27H29N6O+. The third-order valence-corrected chi connectivity index (χ3v) is 6.64. The number of aromatic amines is 2. The number of benzene rings is 3. The fourth-order valence-electron chi connectivity index (χ4n) is 4.65. The van der Waals surface area contributed by atoms with E-state index in [2.05, 4.69) is 52.2 Å². The van der Waals surface area contributed by atoms with Crippen molar-refractivity contribution in [3.63, 3.8) is 0 Å². The van der Waals surface area contributed by atoms with Crippen LogP contribution in [0.15, 0.2) is 60.7 Å². The second kappa shape index (κ2) is 8.50. The summed E-state index contributed by atoms with van der Waals surface area (Å²) in [6, 6.07) is 20.8. The van der Waals surface area contributed by atoms with Gasteiger partial charge in [-0.25, -0.2) is 9.97 Å². The maximum atomic E-state index is 5.55. The minimum absolute atomic E-state index is 0.659. The van der Waals surface area contributed by atoms with E-state index in [9.17, 15) is 0 Å². The zero-order valence-electron chi connectivity index (χ0n) is 19.6. The molecule has 5 aromatic rings. The zero-order chi connectivity index (χ0) is 23.1. The highest BCUT2D eigenvalue weighted by molar-refractivity contribution is 5.87. The van der Waals surface area contributed by atoms with Gasteiger partial charge in [0.2, 0.25) is 0 Å². The summed E-state index contributed by atoms with van der Waals surface area (Å²) in [5, 5.41) is 0. The van der Waals surface area contributed by atoms with Gasteiger partial charge in [0.1, 0.15) is 17.4 Å². The number of quaternary nitrogens is 1. The molecule has 1 aliphatic heterocycles. The molecular weight excluding hydrogens is 424 g/mol. The number of imidazole rings is 2. The summed E-state index contributed by atoms with van der Waals surface area (Å²) in [7, 11) is 2.26. The number of H-pyrrole nitrogens is 2. The molecule has 2 aromatic heterocycles. The summed E-state index contributed by atoms with van der Waals surface area (Å²) >= 11 is 0. The molecule has 0 bridgehead atoms. The number of ether oxygens (including phenoxy) is 1. The third-order valence-electron chi connectivity index (χ3n) is 6.64. The minimum atomic E-state index is 0.659. The first-order valence-corrected chi connectivity index (χ1v) is 12.0. The lowest BCUT2D eigenvalue weighted by atomic mass is 10.2. The third kappa shape index (κ3) is 3.88. The SMILES string of the molecule is CCOc1ccc(-c2nc3ccc(-c4nc5ccc(N6CC[NH+](C)CC6)cc5[nH]4)cc3[nH]2)cc1. The van der Waals surface area contributed by atoms with Crippen molar-refractivity contribution in [2.24, 2.45) is 0 Å². The number of piperazine rings is 1. The molecule has 3 aromatic carbocycles. The average Bonchev–Trinajstić information content (AvgIpc) is 3.48. The highest BCUT2D eigenvalue weighted by atomic mass is 16.5. The van der Waals surface area contributed by atoms with Crippen LogP contribution in [-0.4, -0.2) is 59.8 Å². The molecule has 3 heterocycles. The van der Waals surface area contributed by atoms with Gasteiger partial charge in [0.25, 0.3) is 0 Å². The highest BCUT2D eigenvalue weighted by Gasteiger charge is 2.18. The van der Waals surface area contributed by atoms with Gasteiger partial charge in [-0.1, -0.05) is 0 Å². The first-order valence-electron chi connectivity index (χ1n) is 12.0. The van der Waals surface area contributed by atoms with Crippen LogP contribution in [0.1, 0.15) is 6.92 Å². The molecule has 3 N–H and O–H groups in total. The molecule has 0 spiro atoms. The Labute approximate surface area is 198 Å². The Bertz CT molecular complexity index is 1440. The van der Waals surface area contributed by atoms with E-state index in [1.165, 1.54) is 18.8 Å². The molecule has 0 radical (unpaired) electrons. The second-order valence-corrected chi connectivity index (χ2v) is 9.01. The van der Waals surface area contributed by atoms with Gasteiger partial charge in [0.05, 0.1) is 61.9 Å². The molecule has 1 saturated heterocycles. The van der Waals surface area contributed by atoms with E-state index in [-0.39, 0.29) is 0 Å². The molecule has 6 rings (SSSR count). The van der Waals surface area contributed by atoms with Crippen LogP contribution in [0.25, 0.3) is 44.8 Å². The Morgan fingerprint density at radius 3 is 2.15 bits per heavy atom. The average molecular weight is 454 g/mol. The van der Waals surface area contributed by atoms with Gasteiger partial charge in [-0.3, -0.25) is 0 Å². The van der Waals surface area contributed by atoms with Gasteiger partial charge in [-0.05, 0) is 67.6 Å². The van der Waals surface area contributed by atoms with Crippen LogP contribution in [0.5, 0.6) is 5.75 Å². The van der Waals surface area contributed by atoms with Crippen LogP contribution in [-0.2, 0) is 0 Å². The van der Waals surface area contributed by atoms with Gasteiger partial charge in [-0.15, -0.1) is 0 Å². The summed E-state index contributed by atoms with van der Waals surface area (Å²) in [5.74, 6) is 2.58. The molecule has 0 unspecified atom stereocenters. The van der Waals surface area contributed by atoms with Crippen molar-refractivity contribution in [1.29, 1.82) is 0 Å². The summed E-state index contributed by atoms with van der Waals surface area (Å²) in [6.45, 7) is 7.17. The monoisotopic (exact) mass is 453 g/mol. The van der Waals surface area contributed by atoms with Gasteiger partial charge in [-0.2, -0.15) is 0 Å². The number of rotatable bonds is 5. The lowest BCUT2D eigenvalue weighted by Gasteiger charge is -2.31. The van der Waals surface area contributed by atoms with Crippen LogP contribution in [0.2, 0.25) is 0 Å². The topological polar surface area (TPSA) is 74.3 Å². The molecule has 7 heteroatoms. The lowest BCUT2D eigenvalue weighted by molar-refractivity contribution is -0.880. The van der Waals surface area contributed by atoms with Gasteiger partial charge in [0.15, 0.2) is 0 Å². The minimum Gasteiger partial charge on any atom is -0.494 e. The quantitative estimate of drug-likeness (QED) is 0.381. The number of aromatic nitrogens is 4. The Hall–Kier alpha value is -3.84. The predicted molar refractivity (Wildman–Crippen MR) is 137 cm³/mol. The zero-order valence-corrected chi connectivity index (χ0v) is 19.6. The molecule has 0 saturated carbocycles. The number of likely N-dealkylation sites (N-methyl/N-ethyl adjacent to an activating group) is 1. The largest absolute Gasteiger partial charge is 0.494 e. The molecule has 34 heavy (non-hydrogen) atoms. The first kappa shape index (κ1) is 20.7. The standard InChI is InChI=1S/C27H28N6O/c1-3-34-21-8-4-18(5-9-21)26-28-22-10-6-19(16-24(22)30-26)27-29-23-11-7-20(17-25(23)31-27)33-14-12-32(2)13-15-33/h4-11,16-17H,3,12-15H2,1-2H3,(H,28,30)(H,29,31)/p+1. The van der Waals surface area contributed by atoms with Crippen LogP contribution in [0.3, 0.4) is 0 Å². The van der Waals surface area contributed by atoms with E-state index in [1.807, 2.05) is 37.3 Å². The summed E-state index contributed by atoms with van der Waals surface area (Å²) in [6.07, 6.45) is 0. The number of nitrogens with one attached hydrogen (secondary N) is 3. The van der Waals surface area contributed by atoms with E-state index in [0.717, 1.165) is 63.7 Å². The van der Waals surface area contributed by atoms with Gasteiger partial charge >= 0.3 is 0 Å². The molecule has 172 valence electrons. The van der Waals surface area contributed by atoms with Gasteiger partial charge in [0, 0.05) is 16.8 Å². The maximum Gasteiger partial charge on any atom is 0.138 e. The first-order chi connectivity index (χ1) is 16.7. The van der Waals surface area contributed by atoms with Crippen molar-refractivity contribution < 1.29 is 9.64 Å². The Kier molecular flexibility index (Phi) is 5.19. The maximum absolute atomic E-state index is 5.55. The number of anilines is 1. The van der Waals surface area contributed by atoms with Crippen LogP contribution in [0.4, 0.5) is 5.69 Å². The van der Waals surface area contributed by atoms with Crippen molar-refractivity contribution in [2.45, 2.75) is 6.92 Å². The van der Waals surface area contributed by atoms with Crippen molar-refractivity contribution in [3.05, 3.63) is 60.7 Å². The fourth-order valence-corrected chi connectivity index (χ4v) is 4.65. The summed E-state index contributed by atoms with van der Waals surface area (Å²) in [4.78, 5) is 20.7. The number of hydrogen-bond acceptors (Lipinski definition) is 4. The van der Waals surface area contributed by atoms with E-state index in [0.29, 0.717) is 6.61 Å². The van der Waals surface area contributed by atoms with Crippen LogP contribution < -0.4 is 14.5 Å². The van der Waals surface area contributed by atoms with Crippen molar-refractivity contribution in [1.82, 2.24) is 19.9 Å². The smallest absolute Gasteiger partial charge is 0.138 e. The number of fused-ring (bicyclic) bond motifs is 2. The van der Waals surface area contributed by atoms with Crippen LogP contribution >= 0.6 is 0 Å². The number of nitrogens with zero attached hydrogens (tertiary/aromatic N) is 3. The normalized spacial score (nSPS) is 14.8. The van der Waals surface area contributed by atoms with Crippen molar-refractivity contribution >= 4 is 27.8 Å². The van der Waals surface area contributed by atoms with Gasteiger partial charge < -0.3 is 24.5 Å². The second-order valence-electron chi connectivity index (χ2n) is 9.01. The molecule has 0 atom stereocenters. The summed E-state index contributed by atoms with van der Waals surface area (Å²) in [5.41, 5.74) is 7.31. The van der Waals surface area contributed by atoms with Crippen molar-refractivity contribution in [2.75, 3.05) is 44.7 Å². The molecule has 0 aliphatic carbocycles. The number of hydrogen-bond donors (Lipinski definition) is 3. The highest BCUT2D eigenvalue weighted by Crippen LogP contribution is 2.28. The van der Waals surface area contributed by atoms with E-state index in [4.69, 9.17) is 14.7 Å². The Morgan fingerprint density at radius 1 is 0.824 bits per heavy atom. The molecule has 0 amide bonds. The predicted octanol–water partition coefficient (Wildman–Crippen LogP) is 3.51. The van der Waals surface area contributed by atoms with Crippen molar-refractivity contribution in [3.8, 4) is 28.5 Å². The van der Waals surface area contributed by atoms with E-state index in [1.54, 1.807) is 4.90 Å². The van der Waals surface area contributed by atoms with Crippen LogP contribution in [0, 0.1) is 0 Å². The Morgan fingerprint density at radius 2 is 1.44 bits per heavy atom. The molecule has 1 aliphatic rings. The summed E-state index contributed by atoms with van der Waals surface area (Å²) < 4.78 is 5.55. The fraction of sp³-hybridized carbons (Fsp3) is 0.259. The lowest BCUT2D eigenvalue weighted by Crippen LogP contribution is -3.12.